The standard InChI is InChI=1S/C11H22N2O4/c1-9(2)7-12(3)11(16)13(5-6-17-4)8-10(14)15/h9H,5-8H2,1-4H3,(H,14,15). The van der Waals surface area contributed by atoms with E-state index in [0.29, 0.717) is 19.1 Å². The molecule has 0 saturated carbocycles. The van der Waals surface area contributed by atoms with Crippen LogP contribution < -0.4 is 0 Å². The predicted octanol–water partition coefficient (Wildman–Crippen LogP) is 0.727. The van der Waals surface area contributed by atoms with Crippen molar-refractivity contribution in [2.75, 3.05) is 40.4 Å². The summed E-state index contributed by atoms with van der Waals surface area (Å²) in [5.41, 5.74) is 0. The van der Waals surface area contributed by atoms with Crippen molar-refractivity contribution >= 4 is 12.0 Å². The van der Waals surface area contributed by atoms with Crippen molar-refractivity contribution in [1.29, 1.82) is 0 Å². The molecule has 0 bridgehead atoms. The molecular weight excluding hydrogens is 224 g/mol. The number of ether oxygens (including phenoxy) is 1. The molecule has 0 fully saturated rings. The molecule has 0 rings (SSSR count). The molecule has 6 heteroatoms. The average molecular weight is 246 g/mol. The van der Waals surface area contributed by atoms with Crippen LogP contribution in [-0.4, -0.2) is 67.3 Å². The molecule has 6 nitrogen and oxygen atoms in total. The van der Waals surface area contributed by atoms with Gasteiger partial charge in [0, 0.05) is 27.2 Å². The van der Waals surface area contributed by atoms with Crippen molar-refractivity contribution in [1.82, 2.24) is 9.80 Å². The van der Waals surface area contributed by atoms with E-state index >= 15 is 0 Å². The van der Waals surface area contributed by atoms with Gasteiger partial charge in [0.05, 0.1) is 6.61 Å². The van der Waals surface area contributed by atoms with E-state index in [1.165, 1.54) is 16.9 Å². The molecule has 0 atom stereocenters. The number of carboxylic acids is 1. The van der Waals surface area contributed by atoms with Gasteiger partial charge in [-0.3, -0.25) is 4.79 Å². The molecule has 0 aromatic heterocycles. The minimum Gasteiger partial charge on any atom is -0.480 e. The van der Waals surface area contributed by atoms with Crippen LogP contribution in [0.25, 0.3) is 0 Å². The Hall–Kier alpha value is -1.30. The lowest BCUT2D eigenvalue weighted by Crippen LogP contribution is -2.46. The summed E-state index contributed by atoms with van der Waals surface area (Å²) in [5.74, 6) is -0.676. The van der Waals surface area contributed by atoms with Gasteiger partial charge in [0.15, 0.2) is 0 Å². The van der Waals surface area contributed by atoms with Crippen LogP contribution in [0.3, 0.4) is 0 Å². The SMILES string of the molecule is COCCN(CC(=O)O)C(=O)N(C)CC(C)C. The normalized spacial score (nSPS) is 10.4. The molecule has 0 unspecified atom stereocenters. The first-order valence-corrected chi connectivity index (χ1v) is 5.59. The Labute approximate surface area is 102 Å². The molecule has 2 amide bonds. The van der Waals surface area contributed by atoms with E-state index in [0.717, 1.165) is 0 Å². The Morgan fingerprint density at radius 3 is 2.35 bits per heavy atom. The maximum Gasteiger partial charge on any atom is 0.323 e. The summed E-state index contributed by atoms with van der Waals surface area (Å²) in [6, 6.07) is -0.279. The first-order valence-electron chi connectivity index (χ1n) is 5.59. The number of urea groups is 1. The number of carbonyl (C=O) groups excluding carboxylic acids is 1. The minimum atomic E-state index is -1.02. The molecule has 0 radical (unpaired) electrons. The first kappa shape index (κ1) is 15.7. The summed E-state index contributed by atoms with van der Waals surface area (Å²) in [7, 11) is 3.19. The van der Waals surface area contributed by atoms with Crippen molar-refractivity contribution in [2.45, 2.75) is 13.8 Å². The Balaban J connectivity index is 4.44. The van der Waals surface area contributed by atoms with Crippen molar-refractivity contribution in [3.8, 4) is 0 Å². The third-order valence-corrected chi connectivity index (χ3v) is 2.13. The molecule has 0 aromatic carbocycles. The van der Waals surface area contributed by atoms with E-state index < -0.39 is 5.97 Å². The smallest absolute Gasteiger partial charge is 0.323 e. The van der Waals surface area contributed by atoms with Gasteiger partial charge in [-0.25, -0.2) is 4.79 Å². The molecule has 0 spiro atoms. The van der Waals surface area contributed by atoms with Crippen LogP contribution in [0.4, 0.5) is 4.79 Å². The first-order chi connectivity index (χ1) is 7.88. The van der Waals surface area contributed by atoms with Crippen molar-refractivity contribution < 1.29 is 19.4 Å². The molecule has 0 heterocycles. The number of methoxy groups -OCH3 is 1. The maximum atomic E-state index is 12.0. The van der Waals surface area contributed by atoms with E-state index in [4.69, 9.17) is 9.84 Å². The van der Waals surface area contributed by atoms with Gasteiger partial charge >= 0.3 is 12.0 Å². The zero-order chi connectivity index (χ0) is 13.4. The van der Waals surface area contributed by atoms with E-state index in [1.807, 2.05) is 13.8 Å². The van der Waals surface area contributed by atoms with Crippen LogP contribution in [0.5, 0.6) is 0 Å². The Kier molecular flexibility index (Phi) is 7.29. The molecule has 1 N–H and O–H groups in total. The number of hydrogen-bond donors (Lipinski definition) is 1. The second-order valence-electron chi connectivity index (χ2n) is 4.37. The summed E-state index contributed by atoms with van der Waals surface area (Å²) in [4.78, 5) is 25.4. The predicted molar refractivity (Wildman–Crippen MR) is 63.9 cm³/mol. The topological polar surface area (TPSA) is 70.1 Å². The van der Waals surface area contributed by atoms with E-state index in [2.05, 4.69) is 0 Å². The molecule has 0 aliphatic heterocycles. The van der Waals surface area contributed by atoms with Crippen LogP contribution in [0, 0.1) is 5.92 Å². The van der Waals surface area contributed by atoms with Crippen LogP contribution in [0.2, 0.25) is 0 Å². The molecule has 0 saturated heterocycles. The molecule has 0 aromatic rings. The minimum absolute atomic E-state index is 0.279. The lowest BCUT2D eigenvalue weighted by atomic mass is 10.2. The highest BCUT2D eigenvalue weighted by Crippen LogP contribution is 2.01. The molecule has 0 aliphatic carbocycles. The van der Waals surface area contributed by atoms with Gasteiger partial charge in [-0.05, 0) is 5.92 Å². The number of amides is 2. The highest BCUT2D eigenvalue weighted by molar-refractivity contribution is 5.80. The number of aliphatic carboxylic acids is 1. The second-order valence-corrected chi connectivity index (χ2v) is 4.37. The fourth-order valence-electron chi connectivity index (χ4n) is 1.47. The van der Waals surface area contributed by atoms with Crippen molar-refractivity contribution in [3.63, 3.8) is 0 Å². The molecule has 17 heavy (non-hydrogen) atoms. The third kappa shape index (κ3) is 6.78. The fraction of sp³-hybridized carbons (Fsp3) is 0.818. The van der Waals surface area contributed by atoms with Gasteiger partial charge in [0.25, 0.3) is 0 Å². The van der Waals surface area contributed by atoms with Gasteiger partial charge in [-0.15, -0.1) is 0 Å². The van der Waals surface area contributed by atoms with E-state index in [9.17, 15) is 9.59 Å². The van der Waals surface area contributed by atoms with Gasteiger partial charge in [-0.1, -0.05) is 13.8 Å². The fourth-order valence-corrected chi connectivity index (χ4v) is 1.47. The molecular formula is C11H22N2O4. The average Bonchev–Trinajstić information content (AvgIpc) is 2.21. The number of carbonyl (C=O) groups is 2. The molecule has 100 valence electrons. The summed E-state index contributed by atoms with van der Waals surface area (Å²) >= 11 is 0. The van der Waals surface area contributed by atoms with Gasteiger partial charge < -0.3 is 19.6 Å². The summed E-state index contributed by atoms with van der Waals surface area (Å²) in [6.45, 7) is 4.91. The summed E-state index contributed by atoms with van der Waals surface area (Å²) in [5, 5.41) is 8.74. The van der Waals surface area contributed by atoms with Crippen LogP contribution in [-0.2, 0) is 9.53 Å². The Morgan fingerprint density at radius 2 is 1.94 bits per heavy atom. The second kappa shape index (κ2) is 7.89. The number of carboxylic acid groups (broad SMARTS) is 1. The Morgan fingerprint density at radius 1 is 1.35 bits per heavy atom. The van der Waals surface area contributed by atoms with Crippen molar-refractivity contribution in [3.05, 3.63) is 0 Å². The quantitative estimate of drug-likeness (QED) is 0.719. The molecule has 0 aliphatic rings. The van der Waals surface area contributed by atoms with Gasteiger partial charge in [-0.2, -0.15) is 0 Å². The highest BCUT2D eigenvalue weighted by Gasteiger charge is 2.20. The highest BCUT2D eigenvalue weighted by atomic mass is 16.5. The van der Waals surface area contributed by atoms with Gasteiger partial charge in [0.1, 0.15) is 6.54 Å². The number of nitrogens with zero attached hydrogens (tertiary/aromatic N) is 2. The van der Waals surface area contributed by atoms with Crippen LogP contribution in [0.1, 0.15) is 13.8 Å². The number of rotatable bonds is 7. The van der Waals surface area contributed by atoms with Crippen LogP contribution >= 0.6 is 0 Å². The third-order valence-electron chi connectivity index (χ3n) is 2.13. The maximum absolute atomic E-state index is 12.0. The number of hydrogen-bond acceptors (Lipinski definition) is 3. The van der Waals surface area contributed by atoms with Gasteiger partial charge in [0.2, 0.25) is 0 Å². The monoisotopic (exact) mass is 246 g/mol. The Bertz CT molecular complexity index is 256. The summed E-state index contributed by atoms with van der Waals surface area (Å²) < 4.78 is 4.86. The van der Waals surface area contributed by atoms with Crippen LogP contribution in [0.15, 0.2) is 0 Å². The van der Waals surface area contributed by atoms with E-state index in [-0.39, 0.29) is 19.1 Å². The van der Waals surface area contributed by atoms with E-state index in [1.54, 1.807) is 7.05 Å². The zero-order valence-electron chi connectivity index (χ0n) is 11.0. The summed E-state index contributed by atoms with van der Waals surface area (Å²) in [6.07, 6.45) is 0. The van der Waals surface area contributed by atoms with Crippen molar-refractivity contribution in [2.24, 2.45) is 5.92 Å². The largest absolute Gasteiger partial charge is 0.480 e. The lowest BCUT2D eigenvalue weighted by Gasteiger charge is -2.27. The zero-order valence-corrected chi connectivity index (χ0v) is 11.0. The lowest BCUT2D eigenvalue weighted by molar-refractivity contribution is -0.137.